The van der Waals surface area contributed by atoms with Crippen LogP contribution in [0, 0.1) is 0 Å². The Labute approximate surface area is 198 Å². The van der Waals surface area contributed by atoms with Gasteiger partial charge in [-0.15, -0.1) is 0 Å². The van der Waals surface area contributed by atoms with Crippen molar-refractivity contribution >= 4 is 23.7 Å². The highest BCUT2D eigenvalue weighted by atomic mass is 16.6. The van der Waals surface area contributed by atoms with E-state index < -0.39 is 17.7 Å². The van der Waals surface area contributed by atoms with Crippen LogP contribution in [0.3, 0.4) is 0 Å². The third kappa shape index (κ3) is 6.40. The zero-order chi connectivity index (χ0) is 24.9. The molecule has 0 radical (unpaired) electrons. The molecule has 3 rings (SSSR count). The number of nitrogens with one attached hydrogen (secondary N) is 1. The van der Waals surface area contributed by atoms with E-state index in [-0.39, 0.29) is 18.1 Å². The van der Waals surface area contributed by atoms with Crippen molar-refractivity contribution < 1.29 is 33.3 Å². The van der Waals surface area contributed by atoms with Crippen molar-refractivity contribution in [3.8, 4) is 11.5 Å². The van der Waals surface area contributed by atoms with Gasteiger partial charge in [0.1, 0.15) is 5.60 Å². The van der Waals surface area contributed by atoms with Crippen LogP contribution in [0.25, 0.3) is 0 Å². The molecule has 0 aliphatic carbocycles. The molecule has 0 aromatic heterocycles. The van der Waals surface area contributed by atoms with E-state index in [4.69, 9.17) is 18.9 Å². The van der Waals surface area contributed by atoms with Gasteiger partial charge in [-0.1, -0.05) is 6.07 Å². The molecule has 1 heterocycles. The van der Waals surface area contributed by atoms with E-state index in [9.17, 15) is 14.4 Å². The molecule has 34 heavy (non-hydrogen) atoms. The summed E-state index contributed by atoms with van der Waals surface area (Å²) in [5, 5.41) is 2.57. The number of anilines is 1. The Morgan fingerprint density at radius 2 is 1.68 bits per heavy atom. The predicted molar refractivity (Wildman–Crippen MR) is 125 cm³/mol. The summed E-state index contributed by atoms with van der Waals surface area (Å²) in [7, 11) is 3.15. The average Bonchev–Trinajstić information content (AvgIpc) is 2.79. The molecule has 0 spiro atoms. The first-order valence-corrected chi connectivity index (χ1v) is 10.9. The highest BCUT2D eigenvalue weighted by Gasteiger charge is 2.24. The van der Waals surface area contributed by atoms with E-state index in [0.29, 0.717) is 36.7 Å². The Hall–Kier alpha value is -3.75. The van der Waals surface area contributed by atoms with Gasteiger partial charge in [-0.2, -0.15) is 0 Å². The predicted octanol–water partition coefficient (Wildman–Crippen LogP) is 3.79. The monoisotopic (exact) mass is 470 g/mol. The standard InChI is InChI=1S/C25H30N2O7/c1-25(2,3)34-24(30)26-19-8-6-7-17(11-19)23(29)33-15-22(28)27-10-9-16-12-20(31-4)21(32-5)13-18(16)14-27/h6-8,11-13H,9-10,14-15H2,1-5H3,(H,26,30). The summed E-state index contributed by atoms with van der Waals surface area (Å²) < 4.78 is 21.1. The van der Waals surface area contributed by atoms with Crippen LogP contribution >= 0.6 is 0 Å². The molecule has 2 aromatic rings. The van der Waals surface area contributed by atoms with E-state index in [1.807, 2.05) is 12.1 Å². The number of hydrogen-bond donors (Lipinski definition) is 1. The molecule has 9 heteroatoms. The number of hydrogen-bond acceptors (Lipinski definition) is 7. The van der Waals surface area contributed by atoms with Gasteiger partial charge in [-0.3, -0.25) is 10.1 Å². The molecule has 9 nitrogen and oxygen atoms in total. The van der Waals surface area contributed by atoms with Gasteiger partial charge in [-0.25, -0.2) is 9.59 Å². The molecule has 1 aliphatic rings. The van der Waals surface area contributed by atoms with Crippen LogP contribution in [0.2, 0.25) is 0 Å². The third-order valence-electron chi connectivity index (χ3n) is 5.14. The van der Waals surface area contributed by atoms with E-state index >= 15 is 0 Å². The van der Waals surface area contributed by atoms with Crippen LogP contribution < -0.4 is 14.8 Å². The molecule has 0 atom stereocenters. The maximum atomic E-state index is 12.7. The molecule has 182 valence electrons. The van der Waals surface area contributed by atoms with Gasteiger partial charge in [0.25, 0.3) is 5.91 Å². The van der Waals surface area contributed by atoms with Crippen LogP contribution in [0.5, 0.6) is 11.5 Å². The summed E-state index contributed by atoms with van der Waals surface area (Å²) in [6, 6.07) is 10.0. The summed E-state index contributed by atoms with van der Waals surface area (Å²) in [5.41, 5.74) is 2.00. The zero-order valence-corrected chi connectivity index (χ0v) is 20.1. The van der Waals surface area contributed by atoms with E-state index in [1.165, 1.54) is 6.07 Å². The fourth-order valence-corrected chi connectivity index (χ4v) is 3.54. The topological polar surface area (TPSA) is 103 Å². The van der Waals surface area contributed by atoms with Gasteiger partial charge >= 0.3 is 12.1 Å². The first-order chi connectivity index (χ1) is 16.1. The molecule has 0 fully saturated rings. The lowest BCUT2D eigenvalue weighted by molar-refractivity contribution is -0.135. The second-order valence-corrected chi connectivity index (χ2v) is 8.83. The minimum absolute atomic E-state index is 0.210. The summed E-state index contributed by atoms with van der Waals surface area (Å²) in [6.07, 6.45) is 0.0288. The van der Waals surface area contributed by atoms with Crippen molar-refractivity contribution in [1.29, 1.82) is 0 Å². The highest BCUT2D eigenvalue weighted by molar-refractivity contribution is 5.94. The number of carbonyl (C=O) groups is 3. The molecule has 0 saturated heterocycles. The smallest absolute Gasteiger partial charge is 0.412 e. The summed E-state index contributed by atoms with van der Waals surface area (Å²) in [5.74, 6) is 0.294. The molecule has 2 amide bonds. The van der Waals surface area contributed by atoms with Gasteiger partial charge in [0, 0.05) is 18.8 Å². The molecular weight excluding hydrogens is 440 g/mol. The number of benzene rings is 2. The number of nitrogens with zero attached hydrogens (tertiary/aromatic N) is 1. The number of rotatable bonds is 6. The molecule has 2 aromatic carbocycles. The van der Waals surface area contributed by atoms with Crippen molar-refractivity contribution in [2.24, 2.45) is 0 Å². The number of fused-ring (bicyclic) bond motifs is 1. The third-order valence-corrected chi connectivity index (χ3v) is 5.14. The van der Waals surface area contributed by atoms with Crippen LogP contribution in [-0.4, -0.2) is 55.8 Å². The maximum Gasteiger partial charge on any atom is 0.412 e. The van der Waals surface area contributed by atoms with Crippen LogP contribution in [0.4, 0.5) is 10.5 Å². The number of amides is 2. The lowest BCUT2D eigenvalue weighted by atomic mass is 9.99. The zero-order valence-electron chi connectivity index (χ0n) is 20.1. The fraction of sp³-hybridized carbons (Fsp3) is 0.400. The van der Waals surface area contributed by atoms with E-state index in [2.05, 4.69) is 5.32 Å². The minimum Gasteiger partial charge on any atom is -0.493 e. The molecule has 1 aliphatic heterocycles. The van der Waals surface area contributed by atoms with Crippen LogP contribution in [0.15, 0.2) is 36.4 Å². The number of carbonyl (C=O) groups excluding carboxylic acids is 3. The summed E-state index contributed by atoms with van der Waals surface area (Å²) in [6.45, 7) is 5.78. The van der Waals surface area contributed by atoms with Crippen molar-refractivity contribution in [2.45, 2.75) is 39.3 Å². The largest absolute Gasteiger partial charge is 0.493 e. The Bertz CT molecular complexity index is 1080. The van der Waals surface area contributed by atoms with Crippen molar-refractivity contribution in [2.75, 3.05) is 32.7 Å². The Morgan fingerprint density at radius 3 is 2.32 bits per heavy atom. The number of methoxy groups -OCH3 is 2. The van der Waals surface area contributed by atoms with E-state index in [1.54, 1.807) is 58.1 Å². The van der Waals surface area contributed by atoms with Crippen molar-refractivity contribution in [3.63, 3.8) is 0 Å². The number of esters is 1. The number of ether oxygens (including phenoxy) is 4. The SMILES string of the molecule is COc1cc2c(cc1OC)CN(C(=O)COC(=O)c1cccc(NC(=O)OC(C)(C)C)c1)CC2. The molecular formula is C25H30N2O7. The quantitative estimate of drug-likeness (QED) is 0.641. The Kier molecular flexibility index (Phi) is 7.65. The Morgan fingerprint density at radius 1 is 1.00 bits per heavy atom. The second-order valence-electron chi connectivity index (χ2n) is 8.83. The maximum absolute atomic E-state index is 12.7. The van der Waals surface area contributed by atoms with Crippen molar-refractivity contribution in [3.05, 3.63) is 53.1 Å². The van der Waals surface area contributed by atoms with Crippen LogP contribution in [0.1, 0.15) is 42.3 Å². The van der Waals surface area contributed by atoms with E-state index in [0.717, 1.165) is 11.1 Å². The fourth-order valence-electron chi connectivity index (χ4n) is 3.54. The van der Waals surface area contributed by atoms with Gasteiger partial charge in [-0.05, 0) is 68.7 Å². The Balaban J connectivity index is 1.57. The molecule has 0 unspecified atom stereocenters. The van der Waals surface area contributed by atoms with Gasteiger partial charge in [0.15, 0.2) is 18.1 Å². The summed E-state index contributed by atoms with van der Waals surface area (Å²) >= 11 is 0. The highest BCUT2D eigenvalue weighted by Crippen LogP contribution is 2.33. The van der Waals surface area contributed by atoms with Crippen molar-refractivity contribution in [1.82, 2.24) is 4.90 Å². The average molecular weight is 471 g/mol. The van der Waals surface area contributed by atoms with Gasteiger partial charge < -0.3 is 23.8 Å². The normalized spacial score (nSPS) is 12.9. The molecule has 0 saturated carbocycles. The first kappa shape index (κ1) is 24.9. The minimum atomic E-state index is -0.662. The lowest BCUT2D eigenvalue weighted by Crippen LogP contribution is -2.38. The lowest BCUT2D eigenvalue weighted by Gasteiger charge is -2.29. The summed E-state index contributed by atoms with van der Waals surface area (Å²) in [4.78, 5) is 38.8. The van der Waals surface area contributed by atoms with Gasteiger partial charge in [0.05, 0.1) is 19.8 Å². The second kappa shape index (κ2) is 10.5. The first-order valence-electron chi connectivity index (χ1n) is 10.9. The van der Waals surface area contributed by atoms with Crippen LogP contribution in [-0.2, 0) is 27.2 Å². The van der Waals surface area contributed by atoms with Gasteiger partial charge in [0.2, 0.25) is 0 Å². The molecule has 1 N–H and O–H groups in total. The molecule has 0 bridgehead atoms.